The van der Waals surface area contributed by atoms with Crippen molar-refractivity contribution in [2.24, 2.45) is 0 Å². The van der Waals surface area contributed by atoms with Gasteiger partial charge in [-0.3, -0.25) is 9.69 Å². The molecule has 5 rings (SSSR count). The van der Waals surface area contributed by atoms with Gasteiger partial charge in [0.15, 0.2) is 6.61 Å². The fourth-order valence-corrected chi connectivity index (χ4v) is 4.72. The maximum atomic E-state index is 13.5. The fraction of sp³-hybridized carbons (Fsp3) is 0.385. The Morgan fingerprint density at radius 1 is 1.28 bits per heavy atom. The van der Waals surface area contributed by atoms with E-state index in [1.54, 1.807) is 19.6 Å². The molecule has 1 fully saturated rings. The van der Waals surface area contributed by atoms with Gasteiger partial charge in [0.1, 0.15) is 5.75 Å². The zero-order valence-electron chi connectivity index (χ0n) is 20.5. The van der Waals surface area contributed by atoms with Gasteiger partial charge in [0.25, 0.3) is 0 Å². The topological polar surface area (TPSA) is 110 Å². The van der Waals surface area contributed by atoms with Gasteiger partial charge in [-0.05, 0) is 29.7 Å². The van der Waals surface area contributed by atoms with Gasteiger partial charge in [0, 0.05) is 44.6 Å². The van der Waals surface area contributed by atoms with Crippen molar-refractivity contribution in [3.05, 3.63) is 71.9 Å². The Hall–Kier alpha value is -3.76. The second kappa shape index (κ2) is 10.9. The summed E-state index contributed by atoms with van der Waals surface area (Å²) in [7, 11) is 3.63. The summed E-state index contributed by atoms with van der Waals surface area (Å²) in [6, 6.07) is 13.6. The number of H-pyrrole nitrogens is 1. The number of amides is 1. The number of nitrogens with one attached hydrogen (secondary N) is 1. The lowest BCUT2D eigenvalue weighted by Crippen LogP contribution is -2.39. The predicted octanol–water partition coefficient (Wildman–Crippen LogP) is 2.99. The van der Waals surface area contributed by atoms with Crippen LogP contribution in [-0.2, 0) is 22.6 Å². The van der Waals surface area contributed by atoms with Crippen molar-refractivity contribution < 1.29 is 18.7 Å². The number of furan rings is 1. The number of benzene rings is 2. The molecule has 2 aromatic heterocycles. The van der Waals surface area contributed by atoms with Crippen LogP contribution < -0.4 is 4.74 Å². The molecule has 1 N–H and O–H groups in total. The van der Waals surface area contributed by atoms with Crippen molar-refractivity contribution in [3.63, 3.8) is 0 Å². The molecule has 0 saturated carbocycles. The molecule has 0 spiro atoms. The summed E-state index contributed by atoms with van der Waals surface area (Å²) in [5, 5.41) is 15.8. The van der Waals surface area contributed by atoms with Gasteiger partial charge in [-0.1, -0.05) is 35.5 Å². The highest BCUT2D eigenvalue weighted by Gasteiger charge is 2.29. The maximum Gasteiger partial charge on any atom is 0.227 e. The summed E-state index contributed by atoms with van der Waals surface area (Å²) in [4.78, 5) is 17.7. The summed E-state index contributed by atoms with van der Waals surface area (Å²) in [5.74, 6) is 1.19. The Labute approximate surface area is 209 Å². The number of hydrogen-bond donors (Lipinski definition) is 1. The number of fused-ring (bicyclic) bond motifs is 1. The molecule has 1 saturated heterocycles. The van der Waals surface area contributed by atoms with Crippen molar-refractivity contribution >= 4 is 16.7 Å². The Bertz CT molecular complexity index is 1290. The number of likely N-dealkylation sites (tertiary alicyclic amines) is 1. The van der Waals surface area contributed by atoms with Crippen LogP contribution in [0.15, 0.2) is 59.4 Å². The van der Waals surface area contributed by atoms with Crippen molar-refractivity contribution in [1.82, 2.24) is 30.4 Å². The van der Waals surface area contributed by atoms with Gasteiger partial charge in [-0.2, -0.15) is 5.21 Å². The van der Waals surface area contributed by atoms with Crippen molar-refractivity contribution in [3.8, 4) is 5.75 Å². The van der Waals surface area contributed by atoms with E-state index in [0.717, 1.165) is 41.4 Å². The third kappa shape index (κ3) is 5.39. The van der Waals surface area contributed by atoms with E-state index in [-0.39, 0.29) is 24.7 Å². The number of tetrazole rings is 1. The molecule has 10 nitrogen and oxygen atoms in total. The zero-order valence-corrected chi connectivity index (χ0v) is 20.5. The standard InChI is InChI=1S/C26H30N6O4/c1-31(26(33)12-18-5-3-7-20-15-35-16-23(18)20)24(14-32-10-9-22(13-32)34-2)19-6-4-8-21(11-19)36-17-25-27-29-30-28-25/h3-8,11,15-16,22,24H,9-10,12-14,17H2,1-2H3,(H,27,28,29,30)/t22-,24-/m1/s1. The third-order valence-electron chi connectivity index (χ3n) is 6.81. The highest BCUT2D eigenvalue weighted by molar-refractivity contribution is 5.89. The van der Waals surface area contributed by atoms with E-state index < -0.39 is 0 Å². The second-order valence-corrected chi connectivity index (χ2v) is 9.08. The molecule has 1 aliphatic heterocycles. The minimum atomic E-state index is -0.162. The number of hydrogen-bond acceptors (Lipinski definition) is 8. The van der Waals surface area contributed by atoms with Crippen LogP contribution in [0.25, 0.3) is 10.8 Å². The molecular weight excluding hydrogens is 460 g/mol. The van der Waals surface area contributed by atoms with E-state index >= 15 is 0 Å². The SMILES string of the molecule is CO[C@@H]1CCN(C[C@H](c2cccc(OCc3nn[nH]n3)c2)N(C)C(=O)Cc2cccc3cocc23)C1. The lowest BCUT2D eigenvalue weighted by atomic mass is 10.0. The van der Waals surface area contributed by atoms with E-state index in [2.05, 4.69) is 25.5 Å². The average Bonchev–Trinajstić information content (AvgIpc) is 3.68. The first-order chi connectivity index (χ1) is 17.6. The smallest absolute Gasteiger partial charge is 0.227 e. The second-order valence-electron chi connectivity index (χ2n) is 9.08. The summed E-state index contributed by atoms with van der Waals surface area (Å²) >= 11 is 0. The Morgan fingerprint density at radius 2 is 2.17 bits per heavy atom. The molecule has 1 amide bonds. The monoisotopic (exact) mass is 490 g/mol. The van der Waals surface area contributed by atoms with Crippen LogP contribution in [0.1, 0.15) is 29.4 Å². The largest absolute Gasteiger partial charge is 0.485 e. The molecule has 2 aromatic carbocycles. The third-order valence-corrected chi connectivity index (χ3v) is 6.81. The number of likely N-dealkylation sites (N-methyl/N-ethyl adjacent to an activating group) is 1. The van der Waals surface area contributed by atoms with Gasteiger partial charge in [-0.25, -0.2) is 0 Å². The van der Waals surface area contributed by atoms with Crippen molar-refractivity contribution in [2.75, 3.05) is 33.8 Å². The van der Waals surface area contributed by atoms with Crippen LogP contribution in [0.4, 0.5) is 0 Å². The van der Waals surface area contributed by atoms with Gasteiger partial charge < -0.3 is 18.8 Å². The van der Waals surface area contributed by atoms with E-state index in [9.17, 15) is 4.79 Å². The molecule has 0 aliphatic carbocycles. The first-order valence-corrected chi connectivity index (χ1v) is 12.0. The van der Waals surface area contributed by atoms with Crippen LogP contribution in [0, 0.1) is 0 Å². The first-order valence-electron chi connectivity index (χ1n) is 12.0. The molecule has 0 radical (unpaired) electrons. The number of aromatic nitrogens is 4. The van der Waals surface area contributed by atoms with Gasteiger partial charge in [-0.15, -0.1) is 10.2 Å². The lowest BCUT2D eigenvalue weighted by molar-refractivity contribution is -0.131. The van der Waals surface area contributed by atoms with Crippen LogP contribution in [0.2, 0.25) is 0 Å². The molecule has 4 aromatic rings. The van der Waals surface area contributed by atoms with Crippen molar-refractivity contribution in [2.45, 2.75) is 31.6 Å². The Balaban J connectivity index is 1.36. The van der Waals surface area contributed by atoms with Crippen LogP contribution in [-0.4, -0.2) is 76.2 Å². The van der Waals surface area contributed by atoms with Gasteiger partial charge in [0.2, 0.25) is 11.7 Å². The molecule has 2 atom stereocenters. The molecule has 0 unspecified atom stereocenters. The van der Waals surface area contributed by atoms with Gasteiger partial charge in [0.05, 0.1) is 31.1 Å². The molecule has 0 bridgehead atoms. The van der Waals surface area contributed by atoms with E-state index in [0.29, 0.717) is 24.5 Å². The molecule has 1 aliphatic rings. The minimum Gasteiger partial charge on any atom is -0.485 e. The van der Waals surface area contributed by atoms with E-state index in [4.69, 9.17) is 13.9 Å². The summed E-state index contributed by atoms with van der Waals surface area (Å²) in [6.07, 6.45) is 4.90. The summed E-state index contributed by atoms with van der Waals surface area (Å²) in [6.45, 7) is 2.68. The summed E-state index contributed by atoms with van der Waals surface area (Å²) in [5.41, 5.74) is 1.95. The highest BCUT2D eigenvalue weighted by atomic mass is 16.5. The van der Waals surface area contributed by atoms with Crippen molar-refractivity contribution in [1.29, 1.82) is 0 Å². The predicted molar refractivity (Wildman–Crippen MR) is 132 cm³/mol. The number of carbonyl (C=O) groups is 1. The molecule has 36 heavy (non-hydrogen) atoms. The zero-order chi connectivity index (χ0) is 24.9. The van der Waals surface area contributed by atoms with Crippen LogP contribution in [0.3, 0.4) is 0 Å². The van der Waals surface area contributed by atoms with Gasteiger partial charge >= 0.3 is 0 Å². The summed E-state index contributed by atoms with van der Waals surface area (Å²) < 4.78 is 16.8. The van der Waals surface area contributed by atoms with E-state index in [1.807, 2.05) is 54.4 Å². The molecular formula is C26H30N6O4. The number of rotatable bonds is 10. The van der Waals surface area contributed by atoms with E-state index in [1.165, 1.54) is 0 Å². The Kier molecular flexibility index (Phi) is 7.24. The quantitative estimate of drug-likeness (QED) is 0.361. The first kappa shape index (κ1) is 24.0. The Morgan fingerprint density at radius 3 is 2.97 bits per heavy atom. The molecule has 188 valence electrons. The number of methoxy groups -OCH3 is 1. The average molecular weight is 491 g/mol. The minimum absolute atomic E-state index is 0.0364. The number of aromatic amines is 1. The number of nitrogens with zero attached hydrogens (tertiary/aromatic N) is 5. The maximum absolute atomic E-state index is 13.5. The van der Waals surface area contributed by atoms with Crippen LogP contribution >= 0.6 is 0 Å². The number of ether oxygens (including phenoxy) is 2. The fourth-order valence-electron chi connectivity index (χ4n) is 4.72. The lowest BCUT2D eigenvalue weighted by Gasteiger charge is -2.32. The van der Waals surface area contributed by atoms with Crippen LogP contribution in [0.5, 0.6) is 5.75 Å². The molecule has 3 heterocycles. The molecule has 10 heteroatoms. The normalized spacial score (nSPS) is 16.9. The highest BCUT2D eigenvalue weighted by Crippen LogP contribution is 2.28. The number of carbonyl (C=O) groups excluding carboxylic acids is 1.